The minimum absolute atomic E-state index is 0.333. The highest BCUT2D eigenvalue weighted by atomic mass is 32.2. The molecule has 0 saturated heterocycles. The summed E-state index contributed by atoms with van der Waals surface area (Å²) in [6.45, 7) is 0.841. The lowest BCUT2D eigenvalue weighted by Gasteiger charge is -2.40. The number of rotatable bonds is 6. The predicted molar refractivity (Wildman–Crippen MR) is 83.1 cm³/mol. The Hall–Kier alpha value is -1.40. The van der Waals surface area contributed by atoms with E-state index in [1.165, 1.54) is 19.3 Å². The van der Waals surface area contributed by atoms with Crippen molar-refractivity contribution in [2.45, 2.75) is 24.4 Å². The lowest BCUT2D eigenvalue weighted by atomic mass is 9.71. The van der Waals surface area contributed by atoms with Crippen molar-refractivity contribution in [2.24, 2.45) is 12.5 Å². The largest absolute Gasteiger partial charge is 0.384 e. The molecule has 0 spiro atoms. The molecule has 1 aliphatic carbocycles. The highest BCUT2D eigenvalue weighted by Crippen LogP contribution is 2.44. The van der Waals surface area contributed by atoms with Gasteiger partial charge in [0.1, 0.15) is 0 Å². The van der Waals surface area contributed by atoms with Crippen LogP contribution < -0.4 is 0 Å². The van der Waals surface area contributed by atoms with Gasteiger partial charge >= 0.3 is 0 Å². The lowest BCUT2D eigenvalue weighted by Crippen LogP contribution is -2.36. The van der Waals surface area contributed by atoms with Crippen LogP contribution in [0.1, 0.15) is 19.3 Å². The molecule has 5 nitrogen and oxygen atoms in total. The minimum Gasteiger partial charge on any atom is -0.384 e. The Kier molecular flexibility index (Phi) is 4.26. The Morgan fingerprint density at radius 2 is 2.24 bits per heavy atom. The summed E-state index contributed by atoms with van der Waals surface area (Å²) in [7, 11) is 3.79. The van der Waals surface area contributed by atoms with Gasteiger partial charge in [-0.2, -0.15) is 0 Å². The number of hydrogen-bond donors (Lipinski definition) is 0. The molecule has 1 saturated carbocycles. The Balaban J connectivity index is 1.71. The Morgan fingerprint density at radius 1 is 1.38 bits per heavy atom. The molecular weight excluding hydrogens is 284 g/mol. The van der Waals surface area contributed by atoms with E-state index in [9.17, 15) is 0 Å². The molecule has 0 radical (unpaired) electrons. The van der Waals surface area contributed by atoms with Crippen molar-refractivity contribution in [3.63, 3.8) is 0 Å². The predicted octanol–water partition coefficient (Wildman–Crippen LogP) is 2.79. The molecule has 0 unspecified atom stereocenters. The topological polar surface area (TPSA) is 52.8 Å². The van der Waals surface area contributed by atoms with Crippen molar-refractivity contribution >= 4 is 11.8 Å². The second kappa shape index (κ2) is 6.15. The highest BCUT2D eigenvalue weighted by molar-refractivity contribution is 7.99. The van der Waals surface area contributed by atoms with Gasteiger partial charge in [0.25, 0.3) is 0 Å². The fourth-order valence-corrected chi connectivity index (χ4v) is 3.90. The van der Waals surface area contributed by atoms with Crippen LogP contribution >= 0.6 is 11.8 Å². The van der Waals surface area contributed by atoms with Gasteiger partial charge in [0, 0.05) is 43.3 Å². The smallest absolute Gasteiger partial charge is 0.191 e. The maximum Gasteiger partial charge on any atom is 0.191 e. The summed E-state index contributed by atoms with van der Waals surface area (Å²) in [6.07, 6.45) is 7.39. The SMILES string of the molecule is COCC1(CSc2nnc(-c3cccnc3)n2C)CCC1. The molecule has 2 aromatic heterocycles. The summed E-state index contributed by atoms with van der Waals surface area (Å²) in [5, 5.41) is 9.57. The van der Waals surface area contributed by atoms with Crippen LogP contribution in [0.4, 0.5) is 0 Å². The number of nitrogens with zero attached hydrogens (tertiary/aromatic N) is 4. The minimum atomic E-state index is 0.333. The van der Waals surface area contributed by atoms with Gasteiger partial charge in [-0.1, -0.05) is 18.2 Å². The number of aromatic nitrogens is 4. The van der Waals surface area contributed by atoms with Gasteiger partial charge in [0.05, 0.1) is 6.61 Å². The summed E-state index contributed by atoms with van der Waals surface area (Å²) in [4.78, 5) is 4.14. The number of hydrogen-bond acceptors (Lipinski definition) is 5. The standard InChI is InChI=1S/C15H20N4OS/c1-19-13(12-5-3-8-16-9-12)17-18-14(19)21-11-15(10-20-2)6-4-7-15/h3,5,8-9H,4,6-7,10-11H2,1-2H3. The van der Waals surface area contributed by atoms with Crippen LogP contribution in [-0.4, -0.2) is 39.2 Å². The molecule has 112 valence electrons. The molecule has 2 heterocycles. The van der Waals surface area contributed by atoms with E-state index in [0.29, 0.717) is 5.41 Å². The van der Waals surface area contributed by atoms with E-state index < -0.39 is 0 Å². The first-order valence-electron chi connectivity index (χ1n) is 7.16. The van der Waals surface area contributed by atoms with E-state index in [2.05, 4.69) is 15.2 Å². The first-order valence-corrected chi connectivity index (χ1v) is 8.14. The molecule has 0 bridgehead atoms. The molecule has 21 heavy (non-hydrogen) atoms. The first kappa shape index (κ1) is 14.5. The summed E-state index contributed by atoms with van der Waals surface area (Å²) in [6, 6.07) is 3.92. The third-order valence-corrected chi connectivity index (χ3v) is 5.50. The quantitative estimate of drug-likeness (QED) is 0.768. The average molecular weight is 304 g/mol. The number of thioether (sulfide) groups is 1. The molecule has 0 aliphatic heterocycles. The van der Waals surface area contributed by atoms with E-state index in [1.807, 2.05) is 29.9 Å². The molecule has 1 fully saturated rings. The maximum absolute atomic E-state index is 5.38. The molecule has 0 N–H and O–H groups in total. The monoisotopic (exact) mass is 304 g/mol. The number of pyridine rings is 1. The van der Waals surface area contributed by atoms with Crippen molar-refractivity contribution in [3.8, 4) is 11.4 Å². The van der Waals surface area contributed by atoms with Crippen LogP contribution in [0.5, 0.6) is 0 Å². The lowest BCUT2D eigenvalue weighted by molar-refractivity contribution is 0.0371. The summed E-state index contributed by atoms with van der Waals surface area (Å²) < 4.78 is 7.42. The third-order valence-electron chi connectivity index (χ3n) is 4.13. The average Bonchev–Trinajstić information content (AvgIpc) is 2.84. The fourth-order valence-electron chi connectivity index (χ4n) is 2.72. The van der Waals surface area contributed by atoms with E-state index in [-0.39, 0.29) is 0 Å². The van der Waals surface area contributed by atoms with Crippen molar-refractivity contribution in [1.29, 1.82) is 0 Å². The van der Waals surface area contributed by atoms with Crippen LogP contribution in [0, 0.1) is 5.41 Å². The molecule has 0 aromatic carbocycles. The van der Waals surface area contributed by atoms with Crippen molar-refractivity contribution in [1.82, 2.24) is 19.7 Å². The van der Waals surface area contributed by atoms with Crippen LogP contribution in [0.25, 0.3) is 11.4 Å². The molecular formula is C15H20N4OS. The summed E-state index contributed by atoms with van der Waals surface area (Å²) in [5.74, 6) is 1.90. The fraction of sp³-hybridized carbons (Fsp3) is 0.533. The third kappa shape index (κ3) is 2.96. The van der Waals surface area contributed by atoms with Crippen LogP contribution in [-0.2, 0) is 11.8 Å². The van der Waals surface area contributed by atoms with E-state index in [4.69, 9.17) is 4.74 Å². The van der Waals surface area contributed by atoms with Crippen molar-refractivity contribution in [3.05, 3.63) is 24.5 Å². The van der Waals surface area contributed by atoms with Gasteiger partial charge in [-0.05, 0) is 25.0 Å². The molecule has 2 aromatic rings. The number of ether oxygens (including phenoxy) is 1. The maximum atomic E-state index is 5.38. The van der Waals surface area contributed by atoms with Gasteiger partial charge in [0.2, 0.25) is 0 Å². The highest BCUT2D eigenvalue weighted by Gasteiger charge is 2.37. The van der Waals surface area contributed by atoms with Crippen molar-refractivity contribution in [2.75, 3.05) is 19.5 Å². The Morgan fingerprint density at radius 3 is 2.86 bits per heavy atom. The van der Waals surface area contributed by atoms with Crippen LogP contribution in [0.2, 0.25) is 0 Å². The van der Waals surface area contributed by atoms with Gasteiger partial charge < -0.3 is 9.30 Å². The normalized spacial score (nSPS) is 16.7. The van der Waals surface area contributed by atoms with Crippen LogP contribution in [0.3, 0.4) is 0 Å². The first-order chi connectivity index (χ1) is 10.2. The van der Waals surface area contributed by atoms with E-state index >= 15 is 0 Å². The van der Waals surface area contributed by atoms with E-state index in [1.54, 1.807) is 25.1 Å². The van der Waals surface area contributed by atoms with Gasteiger partial charge in [-0.25, -0.2) is 0 Å². The van der Waals surface area contributed by atoms with Crippen LogP contribution in [0.15, 0.2) is 29.7 Å². The summed E-state index contributed by atoms with van der Waals surface area (Å²) >= 11 is 1.77. The molecule has 1 aliphatic rings. The van der Waals surface area contributed by atoms with Gasteiger partial charge in [-0.15, -0.1) is 10.2 Å². The summed E-state index contributed by atoms with van der Waals surface area (Å²) in [5.41, 5.74) is 1.33. The zero-order chi connectivity index (χ0) is 14.7. The molecule has 0 atom stereocenters. The van der Waals surface area contributed by atoms with Gasteiger partial charge in [0.15, 0.2) is 11.0 Å². The molecule has 0 amide bonds. The Bertz CT molecular complexity index is 595. The molecule has 6 heteroatoms. The zero-order valence-electron chi connectivity index (χ0n) is 12.5. The van der Waals surface area contributed by atoms with Crippen molar-refractivity contribution < 1.29 is 4.74 Å². The molecule has 3 rings (SSSR count). The number of methoxy groups -OCH3 is 1. The second-order valence-corrected chi connectivity index (χ2v) is 6.62. The zero-order valence-corrected chi connectivity index (χ0v) is 13.3. The second-order valence-electron chi connectivity index (χ2n) is 5.68. The van der Waals surface area contributed by atoms with Gasteiger partial charge in [-0.3, -0.25) is 4.98 Å². The van der Waals surface area contributed by atoms with E-state index in [0.717, 1.165) is 28.9 Å². The Labute approximate surface area is 129 Å².